The van der Waals surface area contributed by atoms with Crippen molar-refractivity contribution < 1.29 is 14.7 Å². The molecule has 0 bridgehead atoms. The van der Waals surface area contributed by atoms with E-state index in [-0.39, 0.29) is 42.3 Å². The van der Waals surface area contributed by atoms with Gasteiger partial charge in [0.15, 0.2) is 0 Å². The summed E-state index contributed by atoms with van der Waals surface area (Å²) in [5, 5.41) is 8.93. The van der Waals surface area contributed by atoms with Crippen molar-refractivity contribution >= 4 is 11.9 Å². The lowest BCUT2D eigenvalue weighted by atomic mass is 9.60. The first-order valence-corrected chi connectivity index (χ1v) is 7.08. The lowest BCUT2D eigenvalue weighted by Crippen LogP contribution is -2.53. The predicted molar refractivity (Wildman–Crippen MR) is 78.1 cm³/mol. The van der Waals surface area contributed by atoms with E-state index >= 15 is 0 Å². The van der Waals surface area contributed by atoms with Gasteiger partial charge in [0.25, 0.3) is 0 Å². The van der Waals surface area contributed by atoms with Crippen molar-refractivity contribution in [1.29, 1.82) is 0 Å². The second-order valence-electron chi connectivity index (χ2n) is 6.31. The third kappa shape index (κ3) is 3.39. The number of amides is 1. The van der Waals surface area contributed by atoms with Crippen molar-refractivity contribution in [2.24, 2.45) is 23.0 Å². The molecule has 1 aliphatic rings. The van der Waals surface area contributed by atoms with E-state index in [2.05, 4.69) is 13.5 Å². The summed E-state index contributed by atoms with van der Waals surface area (Å²) in [4.78, 5) is 24.9. The van der Waals surface area contributed by atoms with Gasteiger partial charge in [-0.25, -0.2) is 0 Å². The number of hydrogen-bond donors (Lipinski definition) is 2. The molecule has 0 aromatic carbocycles. The van der Waals surface area contributed by atoms with Crippen LogP contribution in [0.4, 0.5) is 0 Å². The highest BCUT2D eigenvalue weighted by Gasteiger charge is 2.46. The molecule has 0 radical (unpaired) electrons. The minimum atomic E-state index is -1.00. The zero-order valence-electron chi connectivity index (χ0n) is 12.6. The predicted octanol–water partition coefficient (Wildman–Crippen LogP) is 1.49. The molecule has 5 heteroatoms. The highest BCUT2D eigenvalue weighted by molar-refractivity contribution is 5.84. The summed E-state index contributed by atoms with van der Waals surface area (Å²) < 4.78 is 0. The molecule has 3 atom stereocenters. The van der Waals surface area contributed by atoms with Crippen molar-refractivity contribution in [2.45, 2.75) is 39.7 Å². The summed E-state index contributed by atoms with van der Waals surface area (Å²) >= 11 is 0. The van der Waals surface area contributed by atoms with Crippen LogP contribution in [0, 0.1) is 17.3 Å². The average molecular weight is 282 g/mol. The normalized spacial score (nSPS) is 28.7. The van der Waals surface area contributed by atoms with Crippen LogP contribution in [-0.2, 0) is 9.59 Å². The zero-order chi connectivity index (χ0) is 15.5. The molecular weight excluding hydrogens is 256 g/mol. The molecular formula is C15H26N2O3. The van der Waals surface area contributed by atoms with Crippen LogP contribution < -0.4 is 5.73 Å². The Kier molecular flexibility index (Phi) is 5.34. The van der Waals surface area contributed by atoms with Crippen LogP contribution in [0.25, 0.3) is 0 Å². The number of hydrogen-bond acceptors (Lipinski definition) is 3. The minimum absolute atomic E-state index is 0.0985. The van der Waals surface area contributed by atoms with Gasteiger partial charge in [-0.05, 0) is 24.2 Å². The van der Waals surface area contributed by atoms with Crippen molar-refractivity contribution in [3.05, 3.63) is 12.7 Å². The highest BCUT2D eigenvalue weighted by atomic mass is 16.4. The number of rotatable bonds is 5. The maximum Gasteiger partial charge on any atom is 0.323 e. The number of aliphatic carboxylic acids is 1. The van der Waals surface area contributed by atoms with Gasteiger partial charge in [0.05, 0.1) is 0 Å². The first kappa shape index (κ1) is 16.7. The molecule has 114 valence electrons. The first-order chi connectivity index (χ1) is 9.21. The van der Waals surface area contributed by atoms with Crippen LogP contribution >= 0.6 is 0 Å². The number of carboxylic acid groups (broad SMARTS) is 1. The number of carboxylic acids is 1. The smallest absolute Gasteiger partial charge is 0.323 e. The van der Waals surface area contributed by atoms with Crippen LogP contribution in [0.2, 0.25) is 0 Å². The number of carbonyl (C=O) groups excluding carboxylic acids is 1. The van der Waals surface area contributed by atoms with Crippen molar-refractivity contribution in [3.8, 4) is 0 Å². The van der Waals surface area contributed by atoms with Gasteiger partial charge in [-0.2, -0.15) is 0 Å². The van der Waals surface area contributed by atoms with Crippen molar-refractivity contribution in [1.82, 2.24) is 4.90 Å². The largest absolute Gasteiger partial charge is 0.480 e. The van der Waals surface area contributed by atoms with Crippen LogP contribution in [0.3, 0.4) is 0 Å². The Morgan fingerprint density at radius 3 is 2.55 bits per heavy atom. The van der Waals surface area contributed by atoms with E-state index in [4.69, 9.17) is 10.8 Å². The Labute approximate surface area is 120 Å². The van der Waals surface area contributed by atoms with E-state index in [1.54, 1.807) is 6.08 Å². The Hall–Kier alpha value is -1.36. The van der Waals surface area contributed by atoms with Crippen LogP contribution in [0.15, 0.2) is 12.7 Å². The molecule has 1 amide bonds. The molecule has 3 unspecified atom stereocenters. The molecule has 1 fully saturated rings. The van der Waals surface area contributed by atoms with Gasteiger partial charge in [0.2, 0.25) is 5.91 Å². The molecule has 0 spiro atoms. The van der Waals surface area contributed by atoms with E-state index in [0.29, 0.717) is 6.42 Å². The molecule has 0 aromatic heterocycles. The molecule has 0 saturated heterocycles. The second-order valence-corrected chi connectivity index (χ2v) is 6.31. The fourth-order valence-corrected chi connectivity index (χ4v) is 3.06. The van der Waals surface area contributed by atoms with Gasteiger partial charge in [-0.3, -0.25) is 9.59 Å². The molecule has 5 nitrogen and oxygen atoms in total. The van der Waals surface area contributed by atoms with Gasteiger partial charge in [-0.15, -0.1) is 6.58 Å². The SMILES string of the molecule is C=CCN(CC(=O)O)C(=O)C1CCC(N)C(C)C1(C)C. The summed E-state index contributed by atoms with van der Waals surface area (Å²) in [5.41, 5.74) is 5.87. The lowest BCUT2D eigenvalue weighted by molar-refractivity contribution is -0.150. The number of nitrogens with zero attached hydrogens (tertiary/aromatic N) is 1. The maximum atomic E-state index is 12.7. The van der Waals surface area contributed by atoms with Gasteiger partial charge < -0.3 is 15.7 Å². The Morgan fingerprint density at radius 1 is 1.45 bits per heavy atom. The zero-order valence-corrected chi connectivity index (χ0v) is 12.6. The van der Waals surface area contributed by atoms with Gasteiger partial charge >= 0.3 is 5.97 Å². The molecule has 1 saturated carbocycles. The van der Waals surface area contributed by atoms with Gasteiger partial charge in [-0.1, -0.05) is 26.8 Å². The Morgan fingerprint density at radius 2 is 2.05 bits per heavy atom. The summed E-state index contributed by atoms with van der Waals surface area (Å²) in [6.45, 7) is 9.74. The second kappa shape index (κ2) is 6.39. The Balaban J connectivity index is 2.92. The summed E-state index contributed by atoms with van der Waals surface area (Å²) in [6, 6.07) is 0.0985. The molecule has 0 aliphatic heterocycles. The van der Waals surface area contributed by atoms with Crippen molar-refractivity contribution in [2.75, 3.05) is 13.1 Å². The minimum Gasteiger partial charge on any atom is -0.480 e. The lowest BCUT2D eigenvalue weighted by Gasteiger charge is -2.47. The quantitative estimate of drug-likeness (QED) is 0.748. The van der Waals surface area contributed by atoms with Crippen LogP contribution in [-0.4, -0.2) is 41.0 Å². The van der Waals surface area contributed by atoms with Gasteiger partial charge in [0.1, 0.15) is 6.54 Å². The van der Waals surface area contributed by atoms with E-state index in [1.165, 1.54) is 4.90 Å². The monoisotopic (exact) mass is 282 g/mol. The number of nitrogens with two attached hydrogens (primary N) is 1. The molecule has 1 rings (SSSR count). The average Bonchev–Trinajstić information content (AvgIpc) is 2.34. The highest BCUT2D eigenvalue weighted by Crippen LogP contribution is 2.45. The van der Waals surface area contributed by atoms with Crippen LogP contribution in [0.5, 0.6) is 0 Å². The molecule has 0 heterocycles. The van der Waals surface area contributed by atoms with Crippen LogP contribution in [0.1, 0.15) is 33.6 Å². The molecule has 1 aliphatic carbocycles. The van der Waals surface area contributed by atoms with E-state index in [0.717, 1.165) is 6.42 Å². The van der Waals surface area contributed by atoms with E-state index < -0.39 is 5.97 Å². The van der Waals surface area contributed by atoms with Gasteiger partial charge in [0, 0.05) is 18.5 Å². The summed E-state index contributed by atoms with van der Waals surface area (Å²) in [6.07, 6.45) is 3.08. The Bertz CT molecular complexity index is 393. The molecule has 3 N–H and O–H groups in total. The maximum absolute atomic E-state index is 12.7. The topological polar surface area (TPSA) is 83.6 Å². The van der Waals surface area contributed by atoms with Crippen molar-refractivity contribution in [3.63, 3.8) is 0 Å². The van der Waals surface area contributed by atoms with E-state index in [1.807, 2.05) is 13.8 Å². The summed E-state index contributed by atoms with van der Waals surface area (Å²) in [5.74, 6) is -1.06. The third-order valence-electron chi connectivity index (χ3n) is 4.79. The third-order valence-corrected chi connectivity index (χ3v) is 4.79. The van der Waals surface area contributed by atoms with E-state index in [9.17, 15) is 9.59 Å². The fraction of sp³-hybridized carbons (Fsp3) is 0.733. The number of carbonyl (C=O) groups is 2. The first-order valence-electron chi connectivity index (χ1n) is 7.08. The molecule has 0 aromatic rings. The summed E-state index contributed by atoms with van der Waals surface area (Å²) in [7, 11) is 0. The standard InChI is InChI=1S/C15H26N2O3/c1-5-8-17(9-13(18)19)14(20)11-6-7-12(16)10(2)15(11,3)4/h5,10-12H,1,6-9,16H2,2-4H3,(H,18,19). The fourth-order valence-electron chi connectivity index (χ4n) is 3.06. The molecule has 20 heavy (non-hydrogen) atoms.